The van der Waals surface area contributed by atoms with Crippen molar-refractivity contribution in [2.45, 2.75) is 38.1 Å². The highest BCUT2D eigenvalue weighted by molar-refractivity contribution is 5.75. The zero-order chi connectivity index (χ0) is 24.2. The number of benzene rings is 2. The monoisotopic (exact) mass is 473 g/mol. The maximum Gasteiger partial charge on any atom is 0.320 e. The van der Waals surface area contributed by atoms with Crippen molar-refractivity contribution in [1.29, 1.82) is 0 Å². The first-order chi connectivity index (χ1) is 17.1. The highest BCUT2D eigenvalue weighted by Gasteiger charge is 2.35. The number of hydrogen-bond acceptors (Lipinski definition) is 4. The zero-order valence-corrected chi connectivity index (χ0v) is 20.5. The van der Waals surface area contributed by atoms with Crippen LogP contribution in [0.5, 0.6) is 0 Å². The molecule has 7 heteroatoms. The molecule has 2 aliphatic rings. The number of amides is 2. The molecular weight excluding hydrogens is 438 g/mol. The molecule has 0 radical (unpaired) electrons. The predicted octanol–water partition coefficient (Wildman–Crippen LogP) is 3.92. The summed E-state index contributed by atoms with van der Waals surface area (Å²) in [6.45, 7) is 6.62. The van der Waals surface area contributed by atoms with Gasteiger partial charge in [-0.05, 0) is 41.7 Å². The highest BCUT2D eigenvalue weighted by atomic mass is 16.5. The number of hydrogen-bond donors (Lipinski definition) is 1. The minimum absolute atomic E-state index is 0.114. The molecule has 2 unspecified atom stereocenters. The molecule has 2 fully saturated rings. The second-order valence-corrected chi connectivity index (χ2v) is 9.59. The fraction of sp³-hybridized carbons (Fsp3) is 0.429. The van der Waals surface area contributed by atoms with Crippen molar-refractivity contribution in [1.82, 2.24) is 19.4 Å². The molecule has 35 heavy (non-hydrogen) atoms. The van der Waals surface area contributed by atoms with Gasteiger partial charge in [-0.15, -0.1) is 0 Å². The number of nitrogens with zero attached hydrogens (tertiary/aromatic N) is 4. The molecule has 3 heterocycles. The second kappa shape index (κ2) is 10.6. The number of aromatic nitrogens is 2. The van der Waals surface area contributed by atoms with Crippen LogP contribution >= 0.6 is 0 Å². The van der Waals surface area contributed by atoms with Gasteiger partial charge in [0.15, 0.2) is 0 Å². The summed E-state index contributed by atoms with van der Waals surface area (Å²) >= 11 is 0. The Kier molecular flexibility index (Phi) is 7.16. The lowest BCUT2D eigenvalue weighted by Gasteiger charge is -2.40. The van der Waals surface area contributed by atoms with Crippen LogP contribution in [0.2, 0.25) is 0 Å². The summed E-state index contributed by atoms with van der Waals surface area (Å²) in [4.78, 5) is 22.2. The lowest BCUT2D eigenvalue weighted by molar-refractivity contribution is 0.0398. The molecule has 2 N–H and O–H groups in total. The topological polar surface area (TPSA) is 76.6 Å². The maximum absolute atomic E-state index is 13.5. The number of ether oxygens (including phenoxy) is 1. The van der Waals surface area contributed by atoms with E-state index in [0.717, 1.165) is 36.3 Å². The quantitative estimate of drug-likeness (QED) is 0.609. The summed E-state index contributed by atoms with van der Waals surface area (Å²) in [6.07, 6.45) is 5.98. The van der Waals surface area contributed by atoms with E-state index in [4.69, 9.17) is 15.5 Å². The average Bonchev–Trinajstić information content (AvgIpc) is 3.43. The van der Waals surface area contributed by atoms with E-state index in [1.807, 2.05) is 28.3 Å². The van der Waals surface area contributed by atoms with Crippen LogP contribution in [0, 0.1) is 0 Å². The lowest BCUT2D eigenvalue weighted by atomic mass is 9.83. The predicted molar refractivity (Wildman–Crippen MR) is 137 cm³/mol. The number of imidazole rings is 1. The van der Waals surface area contributed by atoms with Crippen molar-refractivity contribution >= 4 is 6.03 Å². The summed E-state index contributed by atoms with van der Waals surface area (Å²) in [5.41, 5.74) is 11.6. The molecule has 184 valence electrons. The van der Waals surface area contributed by atoms with Crippen LogP contribution in [0.4, 0.5) is 4.79 Å². The van der Waals surface area contributed by atoms with Crippen molar-refractivity contribution in [3.63, 3.8) is 0 Å². The Morgan fingerprint density at radius 1 is 1.03 bits per heavy atom. The Labute approximate surface area is 207 Å². The molecule has 3 aromatic rings. The van der Waals surface area contributed by atoms with Crippen LogP contribution in [-0.4, -0.2) is 64.8 Å². The molecule has 0 saturated carbocycles. The molecule has 2 atom stereocenters. The number of likely N-dealkylation sites (tertiary alicyclic amines) is 1. The van der Waals surface area contributed by atoms with Crippen molar-refractivity contribution in [3.8, 4) is 5.69 Å². The van der Waals surface area contributed by atoms with E-state index < -0.39 is 0 Å². The molecule has 2 aromatic carbocycles. The van der Waals surface area contributed by atoms with Gasteiger partial charge < -0.3 is 24.8 Å². The standard InChI is InChI=1S/C28H35N5O2/c1-2-21-6-8-23(9-7-21)24-15-25(18-32(17-24)28(34)31-10-12-35-13-11-31)27-19-33(20-30-27)26-5-3-4-22(14-26)16-29/h3-9,14,19-20,24-25H,2,10-13,15-18,29H2,1H3. The van der Waals surface area contributed by atoms with Gasteiger partial charge in [-0.3, -0.25) is 0 Å². The first kappa shape index (κ1) is 23.6. The van der Waals surface area contributed by atoms with Gasteiger partial charge in [-0.2, -0.15) is 0 Å². The van der Waals surface area contributed by atoms with Gasteiger partial charge in [0.1, 0.15) is 0 Å². The van der Waals surface area contributed by atoms with E-state index in [-0.39, 0.29) is 17.9 Å². The SMILES string of the molecule is CCc1ccc(C2CC(c3cn(-c4cccc(CN)c4)cn3)CN(C(=O)N3CCOCC3)C2)cc1. The summed E-state index contributed by atoms with van der Waals surface area (Å²) in [5, 5.41) is 0. The molecule has 7 nitrogen and oxygen atoms in total. The molecule has 0 aliphatic carbocycles. The Hall–Kier alpha value is -3.16. The Morgan fingerprint density at radius 3 is 2.54 bits per heavy atom. The third-order valence-electron chi connectivity index (χ3n) is 7.33. The molecule has 2 aliphatic heterocycles. The average molecular weight is 474 g/mol. The summed E-state index contributed by atoms with van der Waals surface area (Å²) < 4.78 is 7.53. The number of nitrogens with two attached hydrogens (primary N) is 1. The van der Waals surface area contributed by atoms with E-state index in [0.29, 0.717) is 39.4 Å². The number of carbonyl (C=O) groups excluding carboxylic acids is 1. The lowest BCUT2D eigenvalue weighted by Crippen LogP contribution is -2.52. The summed E-state index contributed by atoms with van der Waals surface area (Å²) in [5.74, 6) is 0.443. The van der Waals surface area contributed by atoms with Crippen LogP contribution in [0.1, 0.15) is 47.6 Å². The highest BCUT2D eigenvalue weighted by Crippen LogP contribution is 2.36. The van der Waals surface area contributed by atoms with Gasteiger partial charge in [-0.1, -0.05) is 43.3 Å². The Balaban J connectivity index is 1.41. The van der Waals surface area contributed by atoms with Crippen LogP contribution in [0.25, 0.3) is 5.69 Å². The molecular formula is C28H35N5O2. The number of rotatable bonds is 5. The largest absolute Gasteiger partial charge is 0.378 e. The first-order valence-corrected chi connectivity index (χ1v) is 12.7. The normalized spacial score (nSPS) is 20.7. The van der Waals surface area contributed by atoms with Crippen LogP contribution in [0.15, 0.2) is 61.1 Å². The Bertz CT molecular complexity index is 1140. The smallest absolute Gasteiger partial charge is 0.320 e. The fourth-order valence-corrected chi connectivity index (χ4v) is 5.23. The van der Waals surface area contributed by atoms with E-state index in [9.17, 15) is 4.79 Å². The van der Waals surface area contributed by atoms with Gasteiger partial charge >= 0.3 is 6.03 Å². The zero-order valence-electron chi connectivity index (χ0n) is 20.5. The van der Waals surface area contributed by atoms with Gasteiger partial charge in [0, 0.05) is 56.4 Å². The van der Waals surface area contributed by atoms with Crippen molar-refractivity contribution < 1.29 is 9.53 Å². The molecule has 2 saturated heterocycles. The number of carbonyl (C=O) groups is 1. The minimum atomic E-state index is 0.114. The molecule has 0 spiro atoms. The van der Waals surface area contributed by atoms with Crippen LogP contribution in [-0.2, 0) is 17.7 Å². The van der Waals surface area contributed by atoms with Crippen molar-refractivity contribution in [2.24, 2.45) is 5.73 Å². The molecule has 1 aromatic heterocycles. The van der Waals surface area contributed by atoms with Crippen molar-refractivity contribution in [3.05, 3.63) is 83.4 Å². The number of aryl methyl sites for hydroxylation is 1. The first-order valence-electron chi connectivity index (χ1n) is 12.7. The number of morpholine rings is 1. The van der Waals surface area contributed by atoms with E-state index in [1.54, 1.807) is 0 Å². The van der Waals surface area contributed by atoms with E-state index in [1.165, 1.54) is 11.1 Å². The van der Waals surface area contributed by atoms with Gasteiger partial charge in [-0.25, -0.2) is 9.78 Å². The molecule has 2 amide bonds. The van der Waals surface area contributed by atoms with Crippen molar-refractivity contribution in [2.75, 3.05) is 39.4 Å². The van der Waals surface area contributed by atoms with E-state index in [2.05, 4.69) is 54.1 Å². The third kappa shape index (κ3) is 5.26. The molecule has 0 bridgehead atoms. The summed E-state index contributed by atoms with van der Waals surface area (Å²) in [6, 6.07) is 17.2. The van der Waals surface area contributed by atoms with Gasteiger partial charge in [0.05, 0.1) is 25.2 Å². The maximum atomic E-state index is 13.5. The van der Waals surface area contributed by atoms with Gasteiger partial charge in [0.2, 0.25) is 0 Å². The number of urea groups is 1. The Morgan fingerprint density at radius 2 is 1.80 bits per heavy atom. The molecule has 5 rings (SSSR count). The second-order valence-electron chi connectivity index (χ2n) is 9.59. The van der Waals surface area contributed by atoms with Gasteiger partial charge in [0.25, 0.3) is 0 Å². The van der Waals surface area contributed by atoms with Crippen LogP contribution in [0.3, 0.4) is 0 Å². The third-order valence-corrected chi connectivity index (χ3v) is 7.33. The number of piperidine rings is 1. The minimum Gasteiger partial charge on any atom is -0.378 e. The fourth-order valence-electron chi connectivity index (χ4n) is 5.23. The summed E-state index contributed by atoms with van der Waals surface area (Å²) in [7, 11) is 0. The van der Waals surface area contributed by atoms with E-state index >= 15 is 0 Å². The van der Waals surface area contributed by atoms with Crippen LogP contribution < -0.4 is 5.73 Å².